The summed E-state index contributed by atoms with van der Waals surface area (Å²) in [6.45, 7) is 3.12. The number of rotatable bonds is 6. The van der Waals surface area contributed by atoms with Crippen LogP contribution in [0.1, 0.15) is 30.2 Å². The van der Waals surface area contributed by atoms with Crippen LogP contribution in [0.4, 0.5) is 8.78 Å². The number of halogens is 2. The number of nitrogens with one attached hydrogen (secondary N) is 1. The van der Waals surface area contributed by atoms with Gasteiger partial charge in [-0.1, -0.05) is 6.07 Å². The van der Waals surface area contributed by atoms with Crippen LogP contribution >= 0.6 is 0 Å². The van der Waals surface area contributed by atoms with Crippen molar-refractivity contribution < 1.29 is 18.7 Å². The molecule has 2 N–H and O–H groups in total. The van der Waals surface area contributed by atoms with E-state index in [9.17, 15) is 18.7 Å². The Morgan fingerprint density at radius 1 is 1.42 bits per heavy atom. The fourth-order valence-electron chi connectivity index (χ4n) is 2.42. The molecule has 1 amide bonds. The van der Waals surface area contributed by atoms with Gasteiger partial charge in [-0.25, -0.2) is 8.78 Å². The first-order chi connectivity index (χ1) is 11.2. The predicted octanol–water partition coefficient (Wildman–Crippen LogP) is 1.96. The SMILES string of the molecule is Cc1c(CCC(=O)NCC(C)(O)c2ccc(F)cc2F)cnn1C. The van der Waals surface area contributed by atoms with Crippen molar-refractivity contribution in [3.8, 4) is 0 Å². The molecule has 2 aromatic rings. The second-order valence-corrected chi connectivity index (χ2v) is 6.05. The molecule has 130 valence electrons. The van der Waals surface area contributed by atoms with Gasteiger partial charge in [-0.3, -0.25) is 9.48 Å². The maximum atomic E-state index is 13.8. The third-order valence-electron chi connectivity index (χ3n) is 4.10. The highest BCUT2D eigenvalue weighted by atomic mass is 19.1. The Kier molecular flexibility index (Phi) is 5.33. The Morgan fingerprint density at radius 2 is 2.12 bits per heavy atom. The van der Waals surface area contributed by atoms with Gasteiger partial charge >= 0.3 is 0 Å². The highest BCUT2D eigenvalue weighted by molar-refractivity contribution is 5.76. The topological polar surface area (TPSA) is 67.2 Å². The van der Waals surface area contributed by atoms with Crippen molar-refractivity contribution in [1.82, 2.24) is 15.1 Å². The van der Waals surface area contributed by atoms with Crippen LogP contribution < -0.4 is 5.32 Å². The zero-order valence-corrected chi connectivity index (χ0v) is 13.9. The highest BCUT2D eigenvalue weighted by Crippen LogP contribution is 2.23. The summed E-state index contributed by atoms with van der Waals surface area (Å²) in [5.74, 6) is -1.83. The van der Waals surface area contributed by atoms with E-state index in [-0.39, 0.29) is 24.4 Å². The summed E-state index contributed by atoms with van der Waals surface area (Å²) in [6.07, 6.45) is 2.47. The van der Waals surface area contributed by atoms with Crippen LogP contribution in [-0.4, -0.2) is 27.3 Å². The average Bonchev–Trinajstić information content (AvgIpc) is 2.82. The lowest BCUT2D eigenvalue weighted by molar-refractivity contribution is -0.122. The van der Waals surface area contributed by atoms with E-state index in [0.29, 0.717) is 12.5 Å². The Hall–Kier alpha value is -2.28. The van der Waals surface area contributed by atoms with E-state index in [4.69, 9.17) is 0 Å². The number of aliphatic hydroxyl groups is 1. The van der Waals surface area contributed by atoms with E-state index in [0.717, 1.165) is 17.3 Å². The van der Waals surface area contributed by atoms with Crippen LogP contribution in [0.2, 0.25) is 0 Å². The molecular formula is C17H21F2N3O2. The second kappa shape index (κ2) is 7.09. The van der Waals surface area contributed by atoms with Crippen LogP contribution in [0, 0.1) is 18.6 Å². The standard InChI is InChI=1S/C17H21F2N3O2/c1-11-12(9-21-22(11)3)4-7-16(23)20-10-17(2,24)14-6-5-13(18)8-15(14)19/h5-6,8-9,24H,4,7,10H2,1-3H3,(H,20,23). The van der Waals surface area contributed by atoms with Gasteiger partial charge in [0.2, 0.25) is 5.91 Å². The quantitative estimate of drug-likeness (QED) is 0.847. The van der Waals surface area contributed by atoms with Gasteiger partial charge in [0.05, 0.1) is 12.7 Å². The Balaban J connectivity index is 1.91. The smallest absolute Gasteiger partial charge is 0.220 e. The fraction of sp³-hybridized carbons (Fsp3) is 0.412. The van der Waals surface area contributed by atoms with Crippen LogP contribution in [-0.2, 0) is 23.9 Å². The molecule has 7 heteroatoms. The van der Waals surface area contributed by atoms with E-state index >= 15 is 0 Å². The summed E-state index contributed by atoms with van der Waals surface area (Å²) in [5.41, 5.74) is 0.275. The molecule has 0 aliphatic carbocycles. The molecule has 0 bridgehead atoms. The first kappa shape index (κ1) is 18.1. The molecule has 0 radical (unpaired) electrons. The number of aromatic nitrogens is 2. The Bertz CT molecular complexity index is 741. The van der Waals surface area contributed by atoms with Crippen LogP contribution in [0.3, 0.4) is 0 Å². The molecular weight excluding hydrogens is 316 g/mol. The minimum Gasteiger partial charge on any atom is -0.383 e. The van der Waals surface area contributed by atoms with Crippen molar-refractivity contribution in [1.29, 1.82) is 0 Å². The Labute approximate surface area is 139 Å². The summed E-state index contributed by atoms with van der Waals surface area (Å²) in [6, 6.07) is 2.95. The van der Waals surface area contributed by atoms with Crippen molar-refractivity contribution in [2.75, 3.05) is 6.54 Å². The number of amides is 1. The molecule has 0 saturated heterocycles. The van der Waals surface area contributed by atoms with Gasteiger partial charge in [0.25, 0.3) is 0 Å². The maximum absolute atomic E-state index is 13.8. The molecule has 0 saturated carbocycles. The van der Waals surface area contributed by atoms with Crippen molar-refractivity contribution in [3.05, 3.63) is 52.9 Å². The van der Waals surface area contributed by atoms with Crippen molar-refractivity contribution in [2.45, 2.75) is 32.3 Å². The fourth-order valence-corrected chi connectivity index (χ4v) is 2.42. The van der Waals surface area contributed by atoms with Gasteiger partial charge in [0, 0.05) is 30.8 Å². The predicted molar refractivity (Wildman–Crippen MR) is 85.2 cm³/mol. The number of hydrogen-bond donors (Lipinski definition) is 2. The lowest BCUT2D eigenvalue weighted by Crippen LogP contribution is -2.39. The van der Waals surface area contributed by atoms with E-state index in [1.165, 1.54) is 13.0 Å². The molecule has 1 heterocycles. The zero-order valence-electron chi connectivity index (χ0n) is 13.9. The maximum Gasteiger partial charge on any atom is 0.220 e. The van der Waals surface area contributed by atoms with Gasteiger partial charge in [0.1, 0.15) is 17.2 Å². The first-order valence-corrected chi connectivity index (χ1v) is 7.63. The van der Waals surface area contributed by atoms with Crippen molar-refractivity contribution >= 4 is 5.91 Å². The minimum absolute atomic E-state index is 0.0627. The third-order valence-corrected chi connectivity index (χ3v) is 4.10. The van der Waals surface area contributed by atoms with Gasteiger partial charge in [0.15, 0.2) is 0 Å². The number of benzene rings is 1. The number of carbonyl (C=O) groups excluding carboxylic acids is 1. The number of carbonyl (C=O) groups is 1. The molecule has 0 spiro atoms. The molecule has 24 heavy (non-hydrogen) atoms. The summed E-state index contributed by atoms with van der Waals surface area (Å²) in [5, 5.41) is 17.0. The second-order valence-electron chi connectivity index (χ2n) is 6.05. The normalized spacial score (nSPS) is 13.6. The highest BCUT2D eigenvalue weighted by Gasteiger charge is 2.27. The number of nitrogens with zero attached hydrogens (tertiary/aromatic N) is 2. The molecule has 1 unspecified atom stereocenters. The molecule has 0 fully saturated rings. The summed E-state index contributed by atoms with van der Waals surface area (Å²) >= 11 is 0. The van der Waals surface area contributed by atoms with Gasteiger partial charge in [-0.15, -0.1) is 0 Å². The average molecular weight is 337 g/mol. The summed E-state index contributed by atoms with van der Waals surface area (Å²) in [4.78, 5) is 11.9. The summed E-state index contributed by atoms with van der Waals surface area (Å²) in [7, 11) is 1.83. The largest absolute Gasteiger partial charge is 0.383 e. The number of hydrogen-bond acceptors (Lipinski definition) is 3. The first-order valence-electron chi connectivity index (χ1n) is 7.63. The van der Waals surface area contributed by atoms with Crippen molar-refractivity contribution in [2.24, 2.45) is 7.05 Å². The van der Waals surface area contributed by atoms with Crippen LogP contribution in [0.5, 0.6) is 0 Å². The van der Waals surface area contributed by atoms with E-state index in [1.807, 2.05) is 14.0 Å². The van der Waals surface area contributed by atoms with Crippen molar-refractivity contribution in [3.63, 3.8) is 0 Å². The molecule has 5 nitrogen and oxygen atoms in total. The van der Waals surface area contributed by atoms with E-state index in [1.54, 1.807) is 10.9 Å². The van der Waals surface area contributed by atoms with Crippen LogP contribution in [0.25, 0.3) is 0 Å². The van der Waals surface area contributed by atoms with Gasteiger partial charge in [-0.2, -0.15) is 5.10 Å². The van der Waals surface area contributed by atoms with Crippen LogP contribution in [0.15, 0.2) is 24.4 Å². The van der Waals surface area contributed by atoms with E-state index in [2.05, 4.69) is 10.4 Å². The van der Waals surface area contributed by atoms with Gasteiger partial charge < -0.3 is 10.4 Å². The molecule has 0 aliphatic heterocycles. The molecule has 1 aromatic heterocycles. The Morgan fingerprint density at radius 3 is 2.71 bits per heavy atom. The molecule has 2 rings (SSSR count). The lowest BCUT2D eigenvalue weighted by Gasteiger charge is -2.24. The van der Waals surface area contributed by atoms with Gasteiger partial charge in [-0.05, 0) is 31.9 Å². The zero-order chi connectivity index (χ0) is 17.9. The minimum atomic E-state index is -1.63. The third kappa shape index (κ3) is 4.17. The molecule has 1 atom stereocenters. The summed E-state index contributed by atoms with van der Waals surface area (Å²) < 4.78 is 28.4. The molecule has 0 aliphatic rings. The lowest BCUT2D eigenvalue weighted by atomic mass is 9.95. The van der Waals surface area contributed by atoms with E-state index < -0.39 is 17.2 Å². The molecule has 1 aromatic carbocycles. The monoisotopic (exact) mass is 337 g/mol. The number of aryl methyl sites for hydroxylation is 2.